The lowest BCUT2D eigenvalue weighted by atomic mass is 9.82. The molecule has 0 amide bonds. The van der Waals surface area contributed by atoms with E-state index >= 15 is 0 Å². The van der Waals surface area contributed by atoms with Crippen LogP contribution in [0.4, 0.5) is 4.39 Å². The minimum atomic E-state index is -0.537. The number of rotatable bonds is 1. The van der Waals surface area contributed by atoms with Crippen molar-refractivity contribution >= 4 is 0 Å². The highest BCUT2D eigenvalue weighted by Crippen LogP contribution is 2.47. The molecule has 1 heterocycles. The van der Waals surface area contributed by atoms with Crippen molar-refractivity contribution in [1.82, 2.24) is 0 Å². The molecule has 1 aliphatic carbocycles. The molecule has 1 N–H and O–H groups in total. The minimum Gasteiger partial charge on any atom is -0.487 e. The van der Waals surface area contributed by atoms with E-state index in [4.69, 9.17) is 4.74 Å². The van der Waals surface area contributed by atoms with Crippen molar-refractivity contribution in [2.45, 2.75) is 64.1 Å². The smallest absolute Gasteiger partial charge is 0.128 e. The zero-order chi connectivity index (χ0) is 15.0. The fraction of sp³-hybridized carbons (Fsp3) is 0.667. The zero-order valence-corrected chi connectivity index (χ0v) is 12.9. The van der Waals surface area contributed by atoms with E-state index in [0.29, 0.717) is 18.1 Å². The van der Waals surface area contributed by atoms with Gasteiger partial charge in [0, 0.05) is 18.1 Å². The van der Waals surface area contributed by atoms with E-state index in [1.807, 2.05) is 0 Å². The summed E-state index contributed by atoms with van der Waals surface area (Å²) in [6.07, 6.45) is 5.51. The summed E-state index contributed by atoms with van der Waals surface area (Å²) in [4.78, 5) is 0. The van der Waals surface area contributed by atoms with Crippen LogP contribution < -0.4 is 4.74 Å². The van der Waals surface area contributed by atoms with Gasteiger partial charge in [0.05, 0.1) is 6.10 Å². The quantitative estimate of drug-likeness (QED) is 0.818. The van der Waals surface area contributed by atoms with Crippen LogP contribution >= 0.6 is 0 Å². The molecule has 1 fully saturated rings. The third kappa shape index (κ3) is 2.94. The summed E-state index contributed by atoms with van der Waals surface area (Å²) in [6.45, 7) is 4.56. The van der Waals surface area contributed by atoms with Gasteiger partial charge in [0.2, 0.25) is 0 Å². The number of benzene rings is 1. The molecule has 1 spiro atoms. The first-order valence-corrected chi connectivity index (χ1v) is 8.16. The molecule has 0 radical (unpaired) electrons. The molecule has 3 heteroatoms. The third-order valence-electron chi connectivity index (χ3n) is 5.35. The molecule has 21 heavy (non-hydrogen) atoms. The van der Waals surface area contributed by atoms with E-state index < -0.39 is 6.10 Å². The second-order valence-electron chi connectivity index (χ2n) is 7.12. The molecule has 2 aliphatic rings. The molecule has 3 atom stereocenters. The normalized spacial score (nSPS) is 32.6. The predicted octanol–water partition coefficient (Wildman–Crippen LogP) is 4.62. The lowest BCUT2D eigenvalue weighted by molar-refractivity contribution is -0.0256. The highest BCUT2D eigenvalue weighted by Gasteiger charge is 2.42. The fourth-order valence-corrected chi connectivity index (χ4v) is 3.99. The summed E-state index contributed by atoms with van der Waals surface area (Å²) in [6, 6.07) is 4.46. The molecule has 2 unspecified atom stereocenters. The zero-order valence-electron chi connectivity index (χ0n) is 12.9. The van der Waals surface area contributed by atoms with Crippen LogP contribution in [0.3, 0.4) is 0 Å². The van der Waals surface area contributed by atoms with Crippen molar-refractivity contribution < 1.29 is 14.2 Å². The largest absolute Gasteiger partial charge is 0.487 e. The summed E-state index contributed by atoms with van der Waals surface area (Å²) in [7, 11) is 0. The number of ether oxygens (including phenoxy) is 1. The predicted molar refractivity (Wildman–Crippen MR) is 80.7 cm³/mol. The summed E-state index contributed by atoms with van der Waals surface area (Å²) < 4.78 is 19.7. The van der Waals surface area contributed by atoms with Gasteiger partial charge in [-0.15, -0.1) is 0 Å². The van der Waals surface area contributed by atoms with E-state index in [0.717, 1.165) is 37.2 Å². The van der Waals surface area contributed by atoms with Crippen LogP contribution in [0.25, 0.3) is 0 Å². The van der Waals surface area contributed by atoms with Gasteiger partial charge in [-0.2, -0.15) is 0 Å². The van der Waals surface area contributed by atoms with Crippen molar-refractivity contribution in [3.63, 3.8) is 0 Å². The Kier molecular flexibility index (Phi) is 3.96. The summed E-state index contributed by atoms with van der Waals surface area (Å²) in [5, 5.41) is 10.4. The van der Waals surface area contributed by atoms with Crippen LogP contribution in [-0.2, 0) is 0 Å². The molecule has 1 aromatic rings. The van der Waals surface area contributed by atoms with Gasteiger partial charge in [0.25, 0.3) is 0 Å². The molecule has 116 valence electrons. The molecule has 1 aromatic carbocycles. The van der Waals surface area contributed by atoms with Crippen LogP contribution in [0.2, 0.25) is 0 Å². The van der Waals surface area contributed by atoms with Gasteiger partial charge in [0.1, 0.15) is 17.2 Å². The van der Waals surface area contributed by atoms with Crippen molar-refractivity contribution in [2.24, 2.45) is 11.8 Å². The Labute approximate surface area is 126 Å². The molecule has 2 nitrogen and oxygen atoms in total. The van der Waals surface area contributed by atoms with Crippen molar-refractivity contribution in [3.8, 4) is 5.75 Å². The maximum absolute atomic E-state index is 13.5. The van der Waals surface area contributed by atoms with Crippen LogP contribution in [-0.4, -0.2) is 10.7 Å². The molecular weight excluding hydrogens is 267 g/mol. The average Bonchev–Trinajstić information content (AvgIpc) is 2.61. The first-order valence-electron chi connectivity index (χ1n) is 8.16. The van der Waals surface area contributed by atoms with E-state index in [1.165, 1.54) is 18.6 Å². The molecule has 3 rings (SSSR count). The molecular formula is C18H25FO2. The molecule has 0 bridgehead atoms. The standard InChI is InChI=1S/C18H25FO2/c1-12(2)13-4-3-8-18(9-7-13)11-16(20)15-6-5-14(19)10-17(15)21-18/h5-6,10,12-13,16,20H,3-4,7-9,11H2,1-2H3/t13?,16-,18?/m1/s1. The molecule has 1 aliphatic heterocycles. The van der Waals surface area contributed by atoms with E-state index in [2.05, 4.69) is 13.8 Å². The van der Waals surface area contributed by atoms with Gasteiger partial charge in [-0.25, -0.2) is 4.39 Å². The number of aliphatic hydroxyl groups is 1. The van der Waals surface area contributed by atoms with Gasteiger partial charge in [-0.05, 0) is 49.7 Å². The van der Waals surface area contributed by atoms with Gasteiger partial charge < -0.3 is 9.84 Å². The van der Waals surface area contributed by atoms with Crippen LogP contribution in [0, 0.1) is 17.7 Å². The lowest BCUT2D eigenvalue weighted by Crippen LogP contribution is -2.40. The Morgan fingerprint density at radius 1 is 1.29 bits per heavy atom. The van der Waals surface area contributed by atoms with E-state index in [1.54, 1.807) is 6.07 Å². The topological polar surface area (TPSA) is 29.5 Å². The van der Waals surface area contributed by atoms with Gasteiger partial charge in [-0.3, -0.25) is 0 Å². The second kappa shape index (κ2) is 5.60. The van der Waals surface area contributed by atoms with Crippen LogP contribution in [0.5, 0.6) is 5.75 Å². The maximum Gasteiger partial charge on any atom is 0.128 e. The summed E-state index contributed by atoms with van der Waals surface area (Å²) in [5.74, 6) is 1.67. The number of hydrogen-bond donors (Lipinski definition) is 1. The number of aliphatic hydroxyl groups excluding tert-OH is 1. The first-order chi connectivity index (χ1) is 9.99. The van der Waals surface area contributed by atoms with Gasteiger partial charge in [-0.1, -0.05) is 20.3 Å². The third-order valence-corrected chi connectivity index (χ3v) is 5.35. The van der Waals surface area contributed by atoms with E-state index in [9.17, 15) is 9.50 Å². The first kappa shape index (κ1) is 14.8. The molecule has 0 saturated heterocycles. The minimum absolute atomic E-state index is 0.299. The number of hydrogen-bond acceptors (Lipinski definition) is 2. The Balaban J connectivity index is 1.83. The number of halogens is 1. The fourth-order valence-electron chi connectivity index (χ4n) is 3.99. The second-order valence-corrected chi connectivity index (χ2v) is 7.12. The Hall–Kier alpha value is -1.09. The summed E-state index contributed by atoms with van der Waals surface area (Å²) >= 11 is 0. The van der Waals surface area contributed by atoms with Crippen molar-refractivity contribution in [3.05, 3.63) is 29.6 Å². The number of fused-ring (bicyclic) bond motifs is 1. The highest BCUT2D eigenvalue weighted by atomic mass is 19.1. The summed E-state index contributed by atoms with van der Waals surface area (Å²) in [5.41, 5.74) is 0.427. The SMILES string of the molecule is CC(C)C1CCCC2(CC1)C[C@@H](O)c1ccc(F)cc1O2. The lowest BCUT2D eigenvalue weighted by Gasteiger charge is -2.40. The Morgan fingerprint density at radius 2 is 2.10 bits per heavy atom. The van der Waals surface area contributed by atoms with Crippen LogP contribution in [0.15, 0.2) is 18.2 Å². The monoisotopic (exact) mass is 292 g/mol. The highest BCUT2D eigenvalue weighted by molar-refractivity contribution is 5.38. The average molecular weight is 292 g/mol. The Bertz CT molecular complexity index is 514. The molecule has 0 aromatic heterocycles. The molecule has 1 saturated carbocycles. The van der Waals surface area contributed by atoms with E-state index in [-0.39, 0.29) is 11.4 Å². The Morgan fingerprint density at radius 3 is 2.86 bits per heavy atom. The van der Waals surface area contributed by atoms with Crippen molar-refractivity contribution in [1.29, 1.82) is 0 Å². The van der Waals surface area contributed by atoms with Gasteiger partial charge >= 0.3 is 0 Å². The van der Waals surface area contributed by atoms with Crippen LogP contribution in [0.1, 0.15) is 64.0 Å². The maximum atomic E-state index is 13.5. The van der Waals surface area contributed by atoms with Crippen molar-refractivity contribution in [2.75, 3.05) is 0 Å². The van der Waals surface area contributed by atoms with Gasteiger partial charge in [0.15, 0.2) is 0 Å².